The first-order chi connectivity index (χ1) is 68.0. The zero-order valence-corrected chi connectivity index (χ0v) is 96.6. The molecule has 5 N–H and O–H groups in total. The van der Waals surface area contributed by atoms with Crippen molar-refractivity contribution < 1.29 is 168 Å². The Labute approximate surface area is 925 Å². The van der Waals surface area contributed by atoms with Gasteiger partial charge in [0.25, 0.3) is 0 Å². The average molecular weight is 2510 g/mol. The summed E-state index contributed by atoms with van der Waals surface area (Å²) in [5.74, 6) is 3.91. The van der Waals surface area contributed by atoms with E-state index in [4.69, 9.17) is 96.5 Å². The van der Waals surface area contributed by atoms with E-state index in [1.54, 1.807) is 93.6 Å². The number of anilines is 2. The minimum absolute atomic E-state index is 0. The predicted octanol–water partition coefficient (Wildman–Crippen LogP) is 17.9. The summed E-state index contributed by atoms with van der Waals surface area (Å²) < 4.78 is 128. The van der Waals surface area contributed by atoms with Gasteiger partial charge in [0.1, 0.15) is 0 Å². The molecule has 12 heterocycles. The van der Waals surface area contributed by atoms with Gasteiger partial charge < -0.3 is 20.3 Å². The quantitative estimate of drug-likeness (QED) is 0.0143. The van der Waals surface area contributed by atoms with Crippen LogP contribution in [0.3, 0.4) is 0 Å². The summed E-state index contributed by atoms with van der Waals surface area (Å²) in [5, 5.41) is 22.1. The summed E-state index contributed by atoms with van der Waals surface area (Å²) in [6.45, 7) is 11.4. The number of nitrogens with two attached hydrogens (primary N) is 1. The van der Waals surface area contributed by atoms with Crippen LogP contribution in [0.25, 0.3) is 42.1 Å². The number of rotatable bonds is 24. The molecule has 750 valence electrons. The predicted molar refractivity (Wildman–Crippen MR) is 559 cm³/mol. The molecule has 4 aliphatic rings. The number of fused-ring (bicyclic) bond motifs is 6. The molecule has 0 aliphatic carbocycles. The number of halogens is 3. The number of nitrogen functional groups attached to an aromatic ring is 1. The van der Waals surface area contributed by atoms with Gasteiger partial charge in [-0.3, -0.25) is 18.4 Å². The number of nitrogens with zero attached hydrogens (tertiary/aromatic N) is 1. The number of carbonyl (C=O) groups is 5. The van der Waals surface area contributed by atoms with Gasteiger partial charge in [-0.1, -0.05) is 88.9 Å². The minimum atomic E-state index is -4.08. The van der Waals surface area contributed by atoms with Crippen molar-refractivity contribution >= 4 is 214 Å². The summed E-state index contributed by atoms with van der Waals surface area (Å²) >= 11 is 6.65. The van der Waals surface area contributed by atoms with Crippen LogP contribution < -0.4 is 115 Å². The molecule has 144 heavy (non-hydrogen) atoms. The maximum absolute atomic E-state index is 14.1. The van der Waals surface area contributed by atoms with Gasteiger partial charge in [-0.2, -0.15) is 0 Å². The fourth-order valence-corrected chi connectivity index (χ4v) is 24.0. The fraction of sp³-hybridized carbons (Fsp3) is 0.170. The van der Waals surface area contributed by atoms with Crippen molar-refractivity contribution in [2.75, 3.05) is 51.6 Å². The summed E-state index contributed by atoms with van der Waals surface area (Å²) in [7, 11) is -3.70. The van der Waals surface area contributed by atoms with E-state index < -0.39 is 43.8 Å². The zero-order chi connectivity index (χ0) is 102. The molecule has 44 heteroatoms. The van der Waals surface area contributed by atoms with E-state index in [2.05, 4.69) is 63.6 Å². The number of phosphoric acid groups is 2. The summed E-state index contributed by atoms with van der Waals surface area (Å²) in [6.07, 6.45) is 0. The molecule has 8 aromatic heterocycles. The van der Waals surface area contributed by atoms with Crippen LogP contribution in [0.4, 0.5) is 11.4 Å². The van der Waals surface area contributed by atoms with Gasteiger partial charge >= 0.3 is 660 Å². The number of H-pyrrole nitrogens is 1. The number of aromatic amines is 1. The van der Waals surface area contributed by atoms with Crippen molar-refractivity contribution in [1.82, 2.24) is 9.97 Å². The third-order valence-corrected chi connectivity index (χ3v) is 33.8. The Bertz CT molecular complexity index is 6890. The number of carbonyl (C=O) groups excluding carboxylic acids is 4. The Morgan fingerprint density at radius 3 is 1.26 bits per heavy atom. The van der Waals surface area contributed by atoms with Crippen LogP contribution in [0, 0.1) is 0 Å². The number of nitrogens with one attached hydrogen (secondary N) is 2. The third-order valence-electron chi connectivity index (χ3n) is 18.3. The number of pyridine rings is 2. The molecule has 0 fully saturated rings. The molecule has 0 unspecified atom stereocenters. The molecule has 20 rings (SSSR count). The van der Waals surface area contributed by atoms with Crippen LogP contribution in [-0.2, 0) is 71.8 Å². The molecule has 0 saturated heterocycles. The van der Waals surface area contributed by atoms with Crippen molar-refractivity contribution in [1.29, 1.82) is 0 Å². The molecule has 4 aliphatic heterocycles. The molecule has 0 saturated carbocycles. The normalized spacial score (nSPS) is 11.8. The Balaban J connectivity index is 0.000000191. The van der Waals surface area contributed by atoms with Gasteiger partial charge in [0.05, 0.1) is 13.2 Å². The summed E-state index contributed by atoms with van der Waals surface area (Å²) in [5.41, 5.74) is 13.1. The van der Waals surface area contributed by atoms with Crippen molar-refractivity contribution in [3.05, 3.63) is 346 Å². The first-order valence-electron chi connectivity index (χ1n) is 42.1. The van der Waals surface area contributed by atoms with E-state index in [0.717, 1.165) is 52.5 Å². The van der Waals surface area contributed by atoms with E-state index in [-0.39, 0.29) is 199 Å². The molecular weight excluding hydrogens is 2420 g/mol. The van der Waals surface area contributed by atoms with Crippen LogP contribution in [0.2, 0.25) is 0 Å². The standard InChI is InChI=1S/C28H22NO6PSe.C16H20O5P2.C14H11NO4Se.C14H9NO3Se.C9H9NO3.C5H3ClOSe.C5H4O2Se.C4H9O.C4H4Se.CH4.Cl2OS.K/c30-36(33-17-20-8-3-1-4-9-20,34-18-21-10-5-2-6-11-21)35-25-16-24(28-12-7-13-37-28)29-23-15-27-26(14-22(23)25)31-19-32-27;1-22(2,17)21-23(18,19-13-15-9-5-3-6-10-15)20-14-16-11-7-4-8-12-16;1-8(16)9-5-11-12(19-7-18-11)6-10(9)15-14(17)13-3-2-4-20-13;16-11-5-10(14-2-1-3-19-14)15-9-6-13-12(4-8(9)11)17-7-18-13;1-5(11)6-2-8-9(3-7(6)10)13-4-12-8;2*6-5(7)4-2-1-3-8-4;1-4(2,3)5;1-2-4-5-3-1;;1-4(2)3;/h1-16H,17-19H2;3-12H,13-14H2,1-2H3;2-6H,7H2,1H3,(H,15,17);1-6H,7H2,(H,15,16);2-3H,4,10H2,1H3;1-3H;1-3H,(H,6,7);1-3H3;1-4H;1H4;;/q;;;;;;;-1;;;;+1. The van der Waals surface area contributed by atoms with Gasteiger partial charge in [-0.25, -0.2) is 13.1 Å². The Hall–Kier alpha value is -8.57. The van der Waals surface area contributed by atoms with Crippen molar-refractivity contribution in [2.45, 2.75) is 74.1 Å². The zero-order valence-electron chi connectivity index (χ0n) is 77.5. The molecule has 0 bridgehead atoms. The van der Waals surface area contributed by atoms with Crippen molar-refractivity contribution in [2.24, 2.45) is 0 Å². The van der Waals surface area contributed by atoms with E-state index >= 15 is 0 Å². The van der Waals surface area contributed by atoms with Crippen LogP contribution >= 0.6 is 56.0 Å². The van der Waals surface area contributed by atoms with Gasteiger partial charge in [0, 0.05) is 52.0 Å². The molecule has 1 amide bonds. The number of ether oxygens (including phenoxy) is 8. The summed E-state index contributed by atoms with van der Waals surface area (Å²) in [4.78, 5) is 90.1. The van der Waals surface area contributed by atoms with E-state index in [1.807, 2.05) is 185 Å². The second kappa shape index (κ2) is 59.6. The van der Waals surface area contributed by atoms with Crippen LogP contribution in [0.5, 0.6) is 51.7 Å². The molecule has 0 spiro atoms. The third kappa shape index (κ3) is 39.8. The number of benzene rings is 8. The maximum atomic E-state index is 14.1. The number of aromatic carboxylic acids is 1. The van der Waals surface area contributed by atoms with E-state index in [0.29, 0.717) is 124 Å². The number of ketones is 2. The number of hydrogen-bond donors (Lipinski definition) is 4. The number of Topliss-reactive ketones (excluding diaryl/α,β-unsaturated/α-hetero) is 2. The average Bonchev–Trinajstić information content (AvgIpc) is 1.50. The first-order valence-corrected chi connectivity index (χ1v) is 61.9. The molecule has 0 atom stereocenters. The molecule has 30 nitrogen and oxygen atoms in total. The van der Waals surface area contributed by atoms with Crippen LogP contribution in [0.15, 0.2) is 294 Å². The SMILES string of the molecule is C.CC(=O)c1cc2c(cc1N)OCO2.CC(=O)c1cc2c(cc1NC(=O)c1ccc[se]1)OCO2.CC(C)(C)[O-].CP(C)(=O)OP(=O)(OCc1ccccc1)OCc1ccccc1.O=C(Cl)c1ccc[se]1.O=C(O)c1ccc[se]1.O=P(OCc1ccccc1)(OCc1ccccc1)Oc1cc(-c2ccc[se]2)nc2cc3c(cc12)OCO3.O=S(Cl)Cl.O=c1cc(-c2ccc[se]2)[nH]c2cc3c(cc12)OCO3.[K+].c1cc[se]c1. The fourth-order valence-electron chi connectivity index (χ4n) is 12.1. The van der Waals surface area contributed by atoms with Gasteiger partial charge in [-0.05, 0) is 24.1 Å². The van der Waals surface area contributed by atoms with Gasteiger partial charge in [-0.15, -0.1) is 5.60 Å². The molecule has 8 aromatic carbocycles. The first kappa shape index (κ1) is 119. The van der Waals surface area contributed by atoms with Crippen LogP contribution in [-0.4, -0.2) is 181 Å². The number of carboxylic acid groups (broad SMARTS) is 1. The number of carboxylic acids is 1. The Morgan fingerprint density at radius 1 is 0.493 bits per heavy atom. The number of aromatic nitrogens is 2. The second-order valence-corrected chi connectivity index (χ2v) is 51.2. The topological polar surface area (TPSA) is 410 Å². The molecule has 0 radical (unpaired) electrons. The van der Waals surface area contributed by atoms with Gasteiger partial charge in [0.15, 0.2) is 17.3 Å². The molecule has 16 aromatic rings. The Morgan fingerprint density at radius 2 is 0.875 bits per heavy atom. The number of amides is 1. The second-order valence-electron chi connectivity index (χ2n) is 30.5. The van der Waals surface area contributed by atoms with Crippen molar-refractivity contribution in [3.8, 4) is 72.0 Å². The van der Waals surface area contributed by atoms with E-state index in [1.165, 1.54) is 31.6 Å². The van der Waals surface area contributed by atoms with Crippen LogP contribution in [0.1, 0.15) is 113 Å². The summed E-state index contributed by atoms with van der Waals surface area (Å²) in [6, 6.07) is 77.5. The van der Waals surface area contributed by atoms with Crippen molar-refractivity contribution in [3.63, 3.8) is 0 Å². The number of phosphoric ester groups is 2. The number of hydrogen-bond acceptors (Lipinski definition) is 27. The van der Waals surface area contributed by atoms with Gasteiger partial charge in [0.2, 0.25) is 23.4 Å². The Kier molecular flexibility index (Phi) is 49.2. The molecular formula is C100H95Cl3KN4O26P3SSe6. The monoisotopic (exact) mass is 2520 g/mol. The van der Waals surface area contributed by atoms with E-state index in [9.17, 15) is 47.6 Å².